The van der Waals surface area contributed by atoms with Crippen molar-refractivity contribution in [1.82, 2.24) is 15.0 Å². The predicted octanol–water partition coefficient (Wildman–Crippen LogP) is 2.99. The average molecular weight is 317 g/mol. The minimum absolute atomic E-state index is 0.0170. The Labute approximate surface area is 133 Å². The van der Waals surface area contributed by atoms with Crippen LogP contribution in [0.4, 0.5) is 0 Å². The molecule has 122 valence electrons. The van der Waals surface area contributed by atoms with Crippen molar-refractivity contribution < 1.29 is 19.4 Å². The molecular weight excluding hydrogens is 298 g/mol. The molecule has 0 spiro atoms. The third-order valence-corrected chi connectivity index (χ3v) is 3.95. The lowest BCUT2D eigenvalue weighted by atomic mass is 10.0. The maximum atomic E-state index is 11.6. The summed E-state index contributed by atoms with van der Waals surface area (Å²) in [6.07, 6.45) is 4.97. The van der Waals surface area contributed by atoms with Crippen molar-refractivity contribution in [2.45, 2.75) is 39.0 Å². The van der Waals surface area contributed by atoms with Crippen molar-refractivity contribution in [1.29, 1.82) is 0 Å². The first kappa shape index (κ1) is 15.3. The normalized spacial score (nSPS) is 14.0. The molecule has 0 bridgehead atoms. The van der Waals surface area contributed by atoms with Gasteiger partial charge in [0.05, 0.1) is 11.9 Å². The van der Waals surface area contributed by atoms with E-state index in [0.29, 0.717) is 11.4 Å². The number of aromatic carboxylic acids is 1. The highest BCUT2D eigenvalue weighted by atomic mass is 16.7. The zero-order chi connectivity index (χ0) is 16.4. The third-order valence-electron chi connectivity index (χ3n) is 3.95. The first-order valence-corrected chi connectivity index (χ1v) is 7.70. The number of benzene rings is 1. The van der Waals surface area contributed by atoms with Crippen LogP contribution >= 0.6 is 0 Å². The van der Waals surface area contributed by atoms with Gasteiger partial charge in [0.25, 0.3) is 0 Å². The summed E-state index contributed by atoms with van der Waals surface area (Å²) in [6, 6.07) is 3.31. The minimum atomic E-state index is -1.10. The number of aromatic nitrogens is 3. The summed E-state index contributed by atoms with van der Waals surface area (Å²) < 4.78 is 10.5. The quantitative estimate of drug-likeness (QED) is 0.881. The summed E-state index contributed by atoms with van der Waals surface area (Å²) in [5.41, 5.74) is 1.24. The molecule has 7 heteroatoms. The zero-order valence-corrected chi connectivity index (χ0v) is 13.2. The van der Waals surface area contributed by atoms with Gasteiger partial charge < -0.3 is 14.6 Å². The second-order valence-electron chi connectivity index (χ2n) is 5.60. The van der Waals surface area contributed by atoms with Crippen molar-refractivity contribution in [3.8, 4) is 17.2 Å². The van der Waals surface area contributed by atoms with Crippen LogP contribution in [0, 0.1) is 0 Å². The van der Waals surface area contributed by atoms with Crippen LogP contribution in [0.3, 0.4) is 0 Å². The number of unbranched alkanes of at least 4 members (excludes halogenated alkanes) is 1. The SMILES string of the molecule is CCCCC(C)c1cnn(-c2ccc3c(c2C(=O)O)OCO3)n1. The fraction of sp³-hybridized carbons (Fsp3) is 0.438. The van der Waals surface area contributed by atoms with Crippen LogP contribution < -0.4 is 9.47 Å². The van der Waals surface area contributed by atoms with Gasteiger partial charge in [0.2, 0.25) is 6.79 Å². The molecule has 1 aromatic heterocycles. The summed E-state index contributed by atoms with van der Waals surface area (Å²) in [5, 5.41) is 18.2. The van der Waals surface area contributed by atoms with Crippen LogP contribution in [0.2, 0.25) is 0 Å². The number of nitrogens with zero attached hydrogens (tertiary/aromatic N) is 3. The monoisotopic (exact) mass is 317 g/mol. The molecule has 1 aliphatic heterocycles. The van der Waals surface area contributed by atoms with Gasteiger partial charge in [-0.15, -0.1) is 0 Å². The van der Waals surface area contributed by atoms with Crippen molar-refractivity contribution in [2.24, 2.45) is 0 Å². The molecular formula is C16H19N3O4. The Bertz CT molecular complexity index is 726. The molecule has 0 aliphatic carbocycles. The van der Waals surface area contributed by atoms with E-state index < -0.39 is 5.97 Å². The van der Waals surface area contributed by atoms with E-state index in [4.69, 9.17) is 9.47 Å². The zero-order valence-electron chi connectivity index (χ0n) is 13.2. The summed E-state index contributed by atoms with van der Waals surface area (Å²) in [6.45, 7) is 4.27. The molecule has 0 amide bonds. The summed E-state index contributed by atoms with van der Waals surface area (Å²) in [7, 11) is 0. The fourth-order valence-corrected chi connectivity index (χ4v) is 2.61. The molecule has 7 nitrogen and oxygen atoms in total. The smallest absolute Gasteiger partial charge is 0.341 e. The molecule has 2 heterocycles. The molecule has 2 aromatic rings. The number of carbonyl (C=O) groups is 1. The van der Waals surface area contributed by atoms with Crippen LogP contribution in [-0.4, -0.2) is 32.9 Å². The molecule has 0 radical (unpaired) electrons. The van der Waals surface area contributed by atoms with Gasteiger partial charge in [-0.3, -0.25) is 0 Å². The highest BCUT2D eigenvalue weighted by molar-refractivity contribution is 5.96. The van der Waals surface area contributed by atoms with E-state index in [0.717, 1.165) is 25.0 Å². The number of hydrogen-bond donors (Lipinski definition) is 1. The summed E-state index contributed by atoms with van der Waals surface area (Å²) in [4.78, 5) is 13.0. The van der Waals surface area contributed by atoms with Crippen LogP contribution in [-0.2, 0) is 0 Å². The van der Waals surface area contributed by atoms with E-state index >= 15 is 0 Å². The lowest BCUT2D eigenvalue weighted by molar-refractivity contribution is 0.0691. The Morgan fingerprint density at radius 2 is 2.26 bits per heavy atom. The molecule has 1 aromatic carbocycles. The maximum absolute atomic E-state index is 11.6. The third kappa shape index (κ3) is 2.86. The molecule has 1 unspecified atom stereocenters. The molecule has 1 atom stereocenters. The number of carboxylic acid groups (broad SMARTS) is 1. The van der Waals surface area contributed by atoms with Crippen LogP contribution in [0.5, 0.6) is 11.5 Å². The van der Waals surface area contributed by atoms with Gasteiger partial charge in [0, 0.05) is 5.92 Å². The van der Waals surface area contributed by atoms with Crippen molar-refractivity contribution in [3.05, 3.63) is 29.6 Å². The van der Waals surface area contributed by atoms with Gasteiger partial charge in [-0.05, 0) is 18.6 Å². The first-order valence-electron chi connectivity index (χ1n) is 7.70. The second-order valence-corrected chi connectivity index (χ2v) is 5.60. The van der Waals surface area contributed by atoms with E-state index in [-0.39, 0.29) is 24.0 Å². The van der Waals surface area contributed by atoms with Gasteiger partial charge in [0.1, 0.15) is 11.3 Å². The van der Waals surface area contributed by atoms with E-state index in [1.165, 1.54) is 4.80 Å². The van der Waals surface area contributed by atoms with Crippen LogP contribution in [0.25, 0.3) is 5.69 Å². The standard InChI is InChI=1S/C16H19N3O4/c1-3-4-5-10(2)11-8-17-19(18-11)12-6-7-13-15(23-9-22-13)14(12)16(20)21/h6-8,10H,3-5,9H2,1-2H3,(H,20,21). The fourth-order valence-electron chi connectivity index (χ4n) is 2.61. The highest BCUT2D eigenvalue weighted by Gasteiger charge is 2.27. The van der Waals surface area contributed by atoms with E-state index in [2.05, 4.69) is 24.0 Å². The van der Waals surface area contributed by atoms with Crippen molar-refractivity contribution >= 4 is 5.97 Å². The number of fused-ring (bicyclic) bond motifs is 1. The topological polar surface area (TPSA) is 86.5 Å². The maximum Gasteiger partial charge on any atom is 0.341 e. The van der Waals surface area contributed by atoms with Crippen LogP contribution in [0.15, 0.2) is 18.3 Å². The van der Waals surface area contributed by atoms with E-state index in [1.807, 2.05) is 0 Å². The molecule has 23 heavy (non-hydrogen) atoms. The Balaban J connectivity index is 1.97. The summed E-state index contributed by atoms with van der Waals surface area (Å²) in [5.74, 6) is -0.158. The summed E-state index contributed by atoms with van der Waals surface area (Å²) >= 11 is 0. The lowest BCUT2D eigenvalue weighted by Crippen LogP contribution is -2.09. The lowest BCUT2D eigenvalue weighted by Gasteiger charge is -2.08. The van der Waals surface area contributed by atoms with E-state index in [9.17, 15) is 9.90 Å². The van der Waals surface area contributed by atoms with Crippen molar-refractivity contribution in [2.75, 3.05) is 6.79 Å². The highest BCUT2D eigenvalue weighted by Crippen LogP contribution is 2.38. The minimum Gasteiger partial charge on any atom is -0.477 e. The molecule has 0 saturated heterocycles. The van der Waals surface area contributed by atoms with Gasteiger partial charge in [0.15, 0.2) is 11.5 Å². The number of rotatable bonds is 6. The Kier molecular flexibility index (Phi) is 4.18. The number of ether oxygens (including phenoxy) is 2. The van der Waals surface area contributed by atoms with Crippen LogP contribution in [0.1, 0.15) is 55.1 Å². The van der Waals surface area contributed by atoms with E-state index in [1.54, 1.807) is 18.3 Å². The largest absolute Gasteiger partial charge is 0.477 e. The molecule has 1 N–H and O–H groups in total. The second kappa shape index (κ2) is 6.28. The number of hydrogen-bond acceptors (Lipinski definition) is 5. The van der Waals surface area contributed by atoms with Crippen molar-refractivity contribution in [3.63, 3.8) is 0 Å². The number of carboxylic acids is 1. The first-order chi connectivity index (χ1) is 11.1. The van der Waals surface area contributed by atoms with Gasteiger partial charge in [-0.2, -0.15) is 15.0 Å². The molecule has 0 fully saturated rings. The Morgan fingerprint density at radius 3 is 3.00 bits per heavy atom. The van der Waals surface area contributed by atoms with Gasteiger partial charge >= 0.3 is 5.97 Å². The molecule has 3 rings (SSSR count). The average Bonchev–Trinajstić information content (AvgIpc) is 3.19. The van der Waals surface area contributed by atoms with Gasteiger partial charge in [-0.1, -0.05) is 26.7 Å². The molecule has 1 aliphatic rings. The Hall–Kier alpha value is -2.57. The Morgan fingerprint density at radius 1 is 1.43 bits per heavy atom. The predicted molar refractivity (Wildman–Crippen MR) is 82.4 cm³/mol. The van der Waals surface area contributed by atoms with Gasteiger partial charge in [-0.25, -0.2) is 4.79 Å². The molecule has 0 saturated carbocycles.